The van der Waals surface area contributed by atoms with Gasteiger partial charge in [0.25, 0.3) is 0 Å². The van der Waals surface area contributed by atoms with E-state index in [9.17, 15) is 5.26 Å². The minimum atomic E-state index is -1.02. The third kappa shape index (κ3) is 3.37. The summed E-state index contributed by atoms with van der Waals surface area (Å²) in [6, 6.07) is 30.9. The maximum Gasteiger partial charge on any atom is 0.189 e. The fourth-order valence-corrected chi connectivity index (χ4v) is 3.37. The van der Waals surface area contributed by atoms with Crippen LogP contribution in [-0.4, -0.2) is 0 Å². The lowest BCUT2D eigenvalue weighted by Crippen LogP contribution is -2.16. The first-order valence-electron chi connectivity index (χ1n) is 9.40. The van der Waals surface area contributed by atoms with Crippen LogP contribution in [0.15, 0.2) is 95.2 Å². The van der Waals surface area contributed by atoms with Crippen LogP contribution in [0.2, 0.25) is 0 Å². The van der Waals surface area contributed by atoms with Crippen molar-refractivity contribution in [1.82, 2.24) is 0 Å². The van der Waals surface area contributed by atoms with Crippen molar-refractivity contribution in [3.05, 3.63) is 96.1 Å². The van der Waals surface area contributed by atoms with E-state index in [0.29, 0.717) is 0 Å². The second-order valence-corrected chi connectivity index (χ2v) is 7.24. The molecule has 0 aliphatic heterocycles. The first-order valence-corrected chi connectivity index (χ1v) is 9.40. The average molecular weight is 363 g/mol. The highest BCUT2D eigenvalue weighted by atomic mass is 15.2. The molecule has 0 aliphatic rings. The maximum atomic E-state index is 9.83. The van der Waals surface area contributed by atoms with Crippen molar-refractivity contribution < 1.29 is 0 Å². The molecule has 0 spiro atoms. The fourth-order valence-electron chi connectivity index (χ4n) is 3.37. The Labute approximate surface area is 165 Å². The number of nitrogens with zero attached hydrogens (tertiary/aromatic N) is 3. The molecule has 0 bridgehead atoms. The van der Waals surface area contributed by atoms with E-state index < -0.39 is 5.54 Å². The topological polar surface area (TPSA) is 48.5 Å². The molecule has 0 heterocycles. The molecule has 0 fully saturated rings. The number of fused-ring (bicyclic) bond motifs is 2. The Balaban J connectivity index is 1.65. The van der Waals surface area contributed by atoms with E-state index in [0.717, 1.165) is 21.9 Å². The fraction of sp³-hybridized carbons (Fsp3) is 0.160. The van der Waals surface area contributed by atoms with E-state index in [4.69, 9.17) is 0 Å². The van der Waals surface area contributed by atoms with Crippen LogP contribution in [0, 0.1) is 11.3 Å². The zero-order valence-corrected chi connectivity index (χ0v) is 16.0. The van der Waals surface area contributed by atoms with Crippen LogP contribution in [0.5, 0.6) is 0 Å². The van der Waals surface area contributed by atoms with Crippen molar-refractivity contribution in [2.24, 2.45) is 10.2 Å². The van der Waals surface area contributed by atoms with Crippen molar-refractivity contribution in [3.63, 3.8) is 0 Å². The van der Waals surface area contributed by atoms with E-state index >= 15 is 0 Å². The quantitative estimate of drug-likeness (QED) is 0.362. The Hall–Kier alpha value is -3.51. The molecule has 3 nitrogen and oxygen atoms in total. The van der Waals surface area contributed by atoms with Crippen LogP contribution in [0.4, 0.5) is 0 Å². The monoisotopic (exact) mass is 363 g/mol. The largest absolute Gasteiger partial charge is 0.195 e. The van der Waals surface area contributed by atoms with Crippen LogP contribution in [0.3, 0.4) is 0 Å². The Kier molecular flexibility index (Phi) is 4.63. The van der Waals surface area contributed by atoms with Gasteiger partial charge in [-0.05, 0) is 58.7 Å². The molecule has 0 amide bonds. The molecule has 0 aliphatic carbocycles. The van der Waals surface area contributed by atoms with Gasteiger partial charge < -0.3 is 0 Å². The molecule has 0 saturated heterocycles. The molecule has 0 radical (unpaired) electrons. The maximum absolute atomic E-state index is 9.83. The second kappa shape index (κ2) is 7.25. The lowest BCUT2D eigenvalue weighted by Gasteiger charge is -2.17. The van der Waals surface area contributed by atoms with Gasteiger partial charge in [0.2, 0.25) is 0 Å². The summed E-state index contributed by atoms with van der Waals surface area (Å²) < 4.78 is 0. The van der Waals surface area contributed by atoms with Gasteiger partial charge in [-0.3, -0.25) is 0 Å². The van der Waals surface area contributed by atoms with Crippen molar-refractivity contribution in [2.75, 3.05) is 0 Å². The zero-order valence-electron chi connectivity index (χ0n) is 16.0. The van der Waals surface area contributed by atoms with E-state index in [1.807, 2.05) is 62.4 Å². The first-order chi connectivity index (χ1) is 13.6. The number of benzene rings is 4. The highest BCUT2D eigenvalue weighted by Crippen LogP contribution is 2.30. The normalized spacial score (nSPS) is 14.8. The van der Waals surface area contributed by atoms with Gasteiger partial charge in [-0.2, -0.15) is 15.5 Å². The zero-order chi connectivity index (χ0) is 19.6. The molecule has 0 N–H and O–H groups in total. The lowest BCUT2D eigenvalue weighted by atomic mass is 9.92. The van der Waals surface area contributed by atoms with E-state index in [2.05, 4.69) is 52.7 Å². The Morgan fingerprint density at radius 2 is 1.36 bits per heavy atom. The number of rotatable bonds is 4. The molecule has 0 saturated carbocycles. The smallest absolute Gasteiger partial charge is 0.189 e. The van der Waals surface area contributed by atoms with Crippen molar-refractivity contribution in [3.8, 4) is 6.07 Å². The molecular formula is C25H21N3. The van der Waals surface area contributed by atoms with Crippen LogP contribution >= 0.6 is 0 Å². The minimum absolute atomic E-state index is 0.127. The summed E-state index contributed by atoms with van der Waals surface area (Å²) in [5, 5.41) is 23.4. The second-order valence-electron chi connectivity index (χ2n) is 7.24. The Morgan fingerprint density at radius 3 is 2.00 bits per heavy atom. The molecule has 4 rings (SSSR count). The van der Waals surface area contributed by atoms with Gasteiger partial charge in [-0.15, -0.1) is 0 Å². The molecule has 28 heavy (non-hydrogen) atoms. The van der Waals surface area contributed by atoms with Gasteiger partial charge in [-0.1, -0.05) is 72.8 Å². The molecule has 3 heteroatoms. The predicted octanol–water partition coefficient (Wildman–Crippen LogP) is 6.95. The number of nitriles is 1. The summed E-state index contributed by atoms with van der Waals surface area (Å²) >= 11 is 0. The standard InChI is InChI=1S/C25H21N3/c1-18(21-12-11-19-7-3-5-9-22(19)15-21)27-28-25(2,17-26)24-14-13-20-8-4-6-10-23(20)16-24/h3-16,18H,1-2H3/b28-27+. The highest BCUT2D eigenvalue weighted by molar-refractivity contribution is 5.84. The van der Waals surface area contributed by atoms with Crippen molar-refractivity contribution in [2.45, 2.75) is 25.4 Å². The molecular weight excluding hydrogens is 342 g/mol. The van der Waals surface area contributed by atoms with Crippen LogP contribution in [0.1, 0.15) is 31.0 Å². The SMILES string of the molecule is CC(/N=N/C(C)(C#N)c1ccc2ccccc2c1)c1ccc2ccccc2c1. The van der Waals surface area contributed by atoms with Crippen molar-refractivity contribution >= 4 is 21.5 Å². The molecule has 136 valence electrons. The first kappa shape index (κ1) is 17.9. The summed E-state index contributed by atoms with van der Waals surface area (Å²) in [7, 11) is 0. The van der Waals surface area contributed by atoms with E-state index in [1.165, 1.54) is 10.8 Å². The lowest BCUT2D eigenvalue weighted by molar-refractivity contribution is 0.567. The van der Waals surface area contributed by atoms with Crippen LogP contribution in [-0.2, 0) is 5.54 Å². The number of hydrogen-bond acceptors (Lipinski definition) is 3. The van der Waals surface area contributed by atoms with E-state index in [-0.39, 0.29) is 6.04 Å². The third-order valence-corrected chi connectivity index (χ3v) is 5.22. The van der Waals surface area contributed by atoms with Crippen LogP contribution in [0.25, 0.3) is 21.5 Å². The van der Waals surface area contributed by atoms with Crippen molar-refractivity contribution in [1.29, 1.82) is 5.26 Å². The molecule has 4 aromatic carbocycles. The van der Waals surface area contributed by atoms with Gasteiger partial charge in [0.1, 0.15) is 0 Å². The van der Waals surface area contributed by atoms with Gasteiger partial charge in [0, 0.05) is 0 Å². The molecule has 0 aromatic heterocycles. The third-order valence-electron chi connectivity index (χ3n) is 5.22. The van der Waals surface area contributed by atoms with Gasteiger partial charge >= 0.3 is 0 Å². The summed E-state index contributed by atoms with van der Waals surface area (Å²) in [6.45, 7) is 3.82. The van der Waals surface area contributed by atoms with Gasteiger partial charge in [0.05, 0.1) is 12.1 Å². The summed E-state index contributed by atoms with van der Waals surface area (Å²) in [4.78, 5) is 0. The average Bonchev–Trinajstić information content (AvgIpc) is 2.76. The van der Waals surface area contributed by atoms with E-state index in [1.54, 1.807) is 0 Å². The predicted molar refractivity (Wildman–Crippen MR) is 114 cm³/mol. The number of hydrogen-bond donors (Lipinski definition) is 0. The summed E-state index contributed by atoms with van der Waals surface area (Å²) in [6.07, 6.45) is 0. The molecule has 2 atom stereocenters. The molecule has 4 aromatic rings. The van der Waals surface area contributed by atoms with Crippen LogP contribution < -0.4 is 0 Å². The molecule has 2 unspecified atom stereocenters. The van der Waals surface area contributed by atoms with Gasteiger partial charge in [0.15, 0.2) is 5.54 Å². The number of azo groups is 1. The summed E-state index contributed by atoms with van der Waals surface area (Å²) in [5.41, 5.74) is 0.916. The highest BCUT2D eigenvalue weighted by Gasteiger charge is 2.26. The Bertz CT molecular complexity index is 1220. The van der Waals surface area contributed by atoms with Gasteiger partial charge in [-0.25, -0.2) is 0 Å². The minimum Gasteiger partial charge on any atom is -0.195 e. The Morgan fingerprint density at radius 1 is 0.786 bits per heavy atom. The summed E-state index contributed by atoms with van der Waals surface area (Å²) in [5.74, 6) is 0.